The first-order valence-corrected chi connectivity index (χ1v) is 14.8. The van der Waals surface area contributed by atoms with Crippen molar-refractivity contribution in [1.82, 2.24) is 0 Å². The Morgan fingerprint density at radius 2 is 1.52 bits per heavy atom. The fourth-order valence-corrected chi connectivity index (χ4v) is 5.75. The van der Waals surface area contributed by atoms with Gasteiger partial charge in [0.05, 0.1) is 17.7 Å². The summed E-state index contributed by atoms with van der Waals surface area (Å²) >= 11 is 0. The summed E-state index contributed by atoms with van der Waals surface area (Å²) in [4.78, 5) is 52.0. The number of carbonyl (C=O) groups excluding carboxylic acids is 4. The van der Waals surface area contributed by atoms with Crippen LogP contribution >= 0.6 is 0 Å². The molecule has 46 heavy (non-hydrogen) atoms. The lowest BCUT2D eigenvalue weighted by Crippen LogP contribution is -2.38. The molecule has 0 saturated heterocycles. The minimum atomic E-state index is -4.45. The third-order valence-electron chi connectivity index (χ3n) is 8.12. The lowest BCUT2D eigenvalue weighted by atomic mass is 9.86. The molecular formula is C37H31F3O6. The summed E-state index contributed by atoms with van der Waals surface area (Å²) in [6.45, 7) is 3.57. The fraction of sp³-hybridized carbons (Fsp3) is 0.243. The minimum Gasteiger partial charge on any atom is -0.463 e. The Balaban J connectivity index is 1.26. The SMILES string of the molecule is CCOC(=O)C1(CCC(=O)Cc2ccc(CC(=O)c3ccccc3-c3ccc(C(F)(F)F)cc3)c(C)c2)OC(=O)c2ccccc21. The van der Waals surface area contributed by atoms with Crippen LogP contribution in [0, 0.1) is 6.92 Å². The topological polar surface area (TPSA) is 86.7 Å². The molecule has 9 heteroatoms. The van der Waals surface area contributed by atoms with Crippen molar-refractivity contribution >= 4 is 23.5 Å². The van der Waals surface area contributed by atoms with Crippen LogP contribution in [0.3, 0.4) is 0 Å². The van der Waals surface area contributed by atoms with Crippen LogP contribution in [0.15, 0.2) is 91.0 Å². The Labute approximate surface area is 264 Å². The molecule has 6 nitrogen and oxygen atoms in total. The maximum absolute atomic E-state index is 13.4. The van der Waals surface area contributed by atoms with Crippen LogP contribution in [0.5, 0.6) is 0 Å². The molecular weight excluding hydrogens is 597 g/mol. The van der Waals surface area contributed by atoms with E-state index in [0.717, 1.165) is 28.8 Å². The number of carbonyl (C=O) groups is 4. The van der Waals surface area contributed by atoms with Gasteiger partial charge >= 0.3 is 18.1 Å². The molecule has 0 amide bonds. The molecule has 1 heterocycles. The zero-order valence-corrected chi connectivity index (χ0v) is 25.3. The number of rotatable bonds is 11. The number of cyclic esters (lactones) is 1. The zero-order chi connectivity index (χ0) is 33.1. The van der Waals surface area contributed by atoms with Crippen LogP contribution in [0.1, 0.15) is 68.3 Å². The summed E-state index contributed by atoms with van der Waals surface area (Å²) in [6.07, 6.45) is -4.42. The number of alkyl halides is 3. The lowest BCUT2D eigenvalue weighted by Gasteiger charge is -2.26. The van der Waals surface area contributed by atoms with Crippen molar-refractivity contribution in [2.45, 2.75) is 51.3 Å². The van der Waals surface area contributed by atoms with Crippen molar-refractivity contribution in [3.63, 3.8) is 0 Å². The van der Waals surface area contributed by atoms with Gasteiger partial charge in [-0.1, -0.05) is 72.8 Å². The highest BCUT2D eigenvalue weighted by atomic mass is 19.4. The molecule has 1 aliphatic heterocycles. The number of Topliss-reactive ketones (excluding diaryl/α,β-unsaturated/α-hetero) is 2. The molecule has 0 radical (unpaired) electrons. The third kappa shape index (κ3) is 6.63. The monoisotopic (exact) mass is 628 g/mol. The van der Waals surface area contributed by atoms with E-state index in [1.54, 1.807) is 67.6 Å². The van der Waals surface area contributed by atoms with Crippen molar-refractivity contribution in [3.05, 3.63) is 130 Å². The summed E-state index contributed by atoms with van der Waals surface area (Å²) in [6, 6.07) is 23.4. The Bertz CT molecular complexity index is 1810. The van der Waals surface area contributed by atoms with Gasteiger partial charge in [-0.05, 0) is 59.9 Å². The van der Waals surface area contributed by atoms with E-state index in [1.165, 1.54) is 12.1 Å². The molecule has 236 valence electrons. The normalized spacial score (nSPS) is 15.6. The molecule has 0 saturated carbocycles. The van der Waals surface area contributed by atoms with E-state index in [-0.39, 0.29) is 49.4 Å². The number of esters is 2. The summed E-state index contributed by atoms with van der Waals surface area (Å²) in [5.74, 6) is -1.72. The van der Waals surface area contributed by atoms with Crippen LogP contribution in [0.2, 0.25) is 0 Å². The highest BCUT2D eigenvalue weighted by Gasteiger charge is 2.52. The number of hydrogen-bond donors (Lipinski definition) is 0. The molecule has 0 aromatic heterocycles. The number of fused-ring (bicyclic) bond motifs is 1. The van der Waals surface area contributed by atoms with Crippen LogP contribution < -0.4 is 0 Å². The molecule has 0 spiro atoms. The highest BCUT2D eigenvalue weighted by molar-refractivity contribution is 6.03. The quantitative estimate of drug-likeness (QED) is 0.125. The first kappa shape index (κ1) is 32.3. The lowest BCUT2D eigenvalue weighted by molar-refractivity contribution is -0.166. The fourth-order valence-electron chi connectivity index (χ4n) is 5.75. The van der Waals surface area contributed by atoms with Gasteiger partial charge in [-0.3, -0.25) is 9.59 Å². The average Bonchev–Trinajstić information content (AvgIpc) is 3.33. The predicted molar refractivity (Wildman–Crippen MR) is 164 cm³/mol. The van der Waals surface area contributed by atoms with Crippen molar-refractivity contribution in [1.29, 1.82) is 0 Å². The van der Waals surface area contributed by atoms with Crippen molar-refractivity contribution in [2.24, 2.45) is 0 Å². The van der Waals surface area contributed by atoms with Crippen LogP contribution in [0.25, 0.3) is 11.1 Å². The van der Waals surface area contributed by atoms with E-state index in [1.807, 2.05) is 13.0 Å². The summed E-state index contributed by atoms with van der Waals surface area (Å²) in [5, 5.41) is 0. The summed E-state index contributed by atoms with van der Waals surface area (Å²) in [5.41, 5.74) is 1.91. The standard InChI is InChI=1S/C37H31F3O6/c1-3-45-35(44)36(32-11-7-6-10-31(32)34(43)46-36)19-18-28(41)21-24-12-13-26(23(2)20-24)22-33(42)30-9-5-4-8-29(30)25-14-16-27(17-15-25)37(38,39)40/h4-17,20H,3,18-19,21-22H2,1-2H3. The Kier molecular flexibility index (Phi) is 9.23. The Morgan fingerprint density at radius 1 is 0.848 bits per heavy atom. The van der Waals surface area contributed by atoms with Crippen molar-refractivity contribution in [3.8, 4) is 11.1 Å². The van der Waals surface area contributed by atoms with Crippen LogP contribution in [0.4, 0.5) is 13.2 Å². The molecule has 1 unspecified atom stereocenters. The molecule has 4 aromatic rings. The van der Waals surface area contributed by atoms with E-state index in [2.05, 4.69) is 0 Å². The van der Waals surface area contributed by atoms with E-state index >= 15 is 0 Å². The van der Waals surface area contributed by atoms with Gasteiger partial charge in [-0.25, -0.2) is 9.59 Å². The highest BCUT2D eigenvalue weighted by Crippen LogP contribution is 2.41. The number of hydrogen-bond acceptors (Lipinski definition) is 6. The smallest absolute Gasteiger partial charge is 0.416 e. The Hall–Kier alpha value is -5.05. The van der Waals surface area contributed by atoms with Crippen molar-refractivity contribution < 1.29 is 41.8 Å². The minimum absolute atomic E-state index is 0.0412. The first-order chi connectivity index (χ1) is 21.9. The molecule has 0 fully saturated rings. The van der Waals surface area contributed by atoms with Gasteiger partial charge in [0.1, 0.15) is 5.78 Å². The van der Waals surface area contributed by atoms with E-state index < -0.39 is 29.3 Å². The van der Waals surface area contributed by atoms with Crippen LogP contribution in [-0.4, -0.2) is 30.1 Å². The van der Waals surface area contributed by atoms with E-state index in [4.69, 9.17) is 9.47 Å². The molecule has 1 atom stereocenters. The van der Waals surface area contributed by atoms with Gasteiger partial charge in [0.2, 0.25) is 5.60 Å². The largest absolute Gasteiger partial charge is 0.463 e. The predicted octanol–water partition coefficient (Wildman–Crippen LogP) is 7.63. The van der Waals surface area contributed by atoms with Gasteiger partial charge < -0.3 is 9.47 Å². The summed E-state index contributed by atoms with van der Waals surface area (Å²) in [7, 11) is 0. The number of ether oxygens (including phenoxy) is 2. The Morgan fingerprint density at radius 3 is 2.20 bits per heavy atom. The molecule has 1 aliphatic rings. The number of aryl methyl sites for hydroxylation is 1. The van der Waals surface area contributed by atoms with Gasteiger partial charge in [0.15, 0.2) is 5.78 Å². The van der Waals surface area contributed by atoms with Gasteiger partial charge in [-0.15, -0.1) is 0 Å². The molecule has 0 N–H and O–H groups in total. The molecule has 0 bridgehead atoms. The van der Waals surface area contributed by atoms with E-state index in [9.17, 15) is 32.3 Å². The summed E-state index contributed by atoms with van der Waals surface area (Å²) < 4.78 is 49.9. The number of benzene rings is 4. The van der Waals surface area contributed by atoms with Gasteiger partial charge in [0, 0.05) is 36.8 Å². The average molecular weight is 629 g/mol. The molecule has 5 rings (SSSR count). The van der Waals surface area contributed by atoms with E-state index in [0.29, 0.717) is 22.3 Å². The van der Waals surface area contributed by atoms with Crippen LogP contribution in [-0.2, 0) is 43.7 Å². The maximum atomic E-state index is 13.4. The second kappa shape index (κ2) is 13.1. The zero-order valence-electron chi connectivity index (χ0n) is 25.3. The number of ketones is 2. The second-order valence-corrected chi connectivity index (χ2v) is 11.2. The van der Waals surface area contributed by atoms with Crippen molar-refractivity contribution in [2.75, 3.05) is 6.61 Å². The molecule has 0 aliphatic carbocycles. The third-order valence-corrected chi connectivity index (χ3v) is 8.12. The molecule has 4 aromatic carbocycles. The second-order valence-electron chi connectivity index (χ2n) is 11.2. The van der Waals surface area contributed by atoms with Gasteiger partial charge in [-0.2, -0.15) is 13.2 Å². The number of halogens is 3. The van der Waals surface area contributed by atoms with Gasteiger partial charge in [0.25, 0.3) is 0 Å². The first-order valence-electron chi connectivity index (χ1n) is 14.8. The maximum Gasteiger partial charge on any atom is 0.416 e.